The van der Waals surface area contributed by atoms with Crippen molar-refractivity contribution in [2.75, 3.05) is 37.5 Å². The SMILES string of the molecule is COc1cc(NC2CCCN(c3ccc([N+](=O)[O-])c4cnccc34)C2)cc(OC)c1. The van der Waals surface area contributed by atoms with Gasteiger partial charge in [0.2, 0.25) is 0 Å². The molecule has 2 heterocycles. The quantitative estimate of drug-likeness (QED) is 0.482. The highest BCUT2D eigenvalue weighted by Gasteiger charge is 2.24. The van der Waals surface area contributed by atoms with Gasteiger partial charge in [0.15, 0.2) is 0 Å². The second kappa shape index (κ2) is 8.44. The number of benzene rings is 2. The summed E-state index contributed by atoms with van der Waals surface area (Å²) in [6, 6.07) is 11.2. The minimum absolute atomic E-state index is 0.0806. The number of hydrogen-bond acceptors (Lipinski definition) is 7. The van der Waals surface area contributed by atoms with Crippen LogP contribution in [0.2, 0.25) is 0 Å². The molecule has 0 aliphatic carbocycles. The molecular weight excluding hydrogens is 384 g/mol. The summed E-state index contributed by atoms with van der Waals surface area (Å²) in [5.74, 6) is 1.47. The van der Waals surface area contributed by atoms with Crippen molar-refractivity contribution in [3.05, 3.63) is 58.9 Å². The van der Waals surface area contributed by atoms with Crippen molar-refractivity contribution in [3.63, 3.8) is 0 Å². The Morgan fingerprint density at radius 2 is 1.90 bits per heavy atom. The lowest BCUT2D eigenvalue weighted by atomic mass is 10.0. The molecule has 3 aromatic rings. The van der Waals surface area contributed by atoms with Crippen molar-refractivity contribution in [1.29, 1.82) is 0 Å². The van der Waals surface area contributed by atoms with Gasteiger partial charge in [0.1, 0.15) is 11.5 Å². The Kier molecular flexibility index (Phi) is 5.56. The lowest BCUT2D eigenvalue weighted by Crippen LogP contribution is -2.42. The second-order valence-electron chi connectivity index (χ2n) is 7.31. The van der Waals surface area contributed by atoms with Crippen LogP contribution in [0.25, 0.3) is 10.8 Å². The predicted octanol–water partition coefficient (Wildman–Crippen LogP) is 4.24. The molecule has 1 fully saturated rings. The van der Waals surface area contributed by atoms with Crippen LogP contribution in [0.15, 0.2) is 48.8 Å². The molecule has 0 saturated carbocycles. The van der Waals surface area contributed by atoms with Crippen molar-refractivity contribution in [2.24, 2.45) is 0 Å². The van der Waals surface area contributed by atoms with E-state index < -0.39 is 0 Å². The molecule has 1 atom stereocenters. The van der Waals surface area contributed by atoms with Gasteiger partial charge in [-0.3, -0.25) is 15.1 Å². The van der Waals surface area contributed by atoms with Crippen LogP contribution in [0.4, 0.5) is 17.1 Å². The van der Waals surface area contributed by atoms with Crippen molar-refractivity contribution in [3.8, 4) is 11.5 Å². The monoisotopic (exact) mass is 408 g/mol. The molecule has 1 aliphatic heterocycles. The number of pyridine rings is 1. The van der Waals surface area contributed by atoms with Crippen molar-refractivity contribution in [1.82, 2.24) is 4.98 Å². The lowest BCUT2D eigenvalue weighted by molar-refractivity contribution is -0.383. The molecular formula is C22H24N4O4. The van der Waals surface area contributed by atoms with Crippen molar-refractivity contribution < 1.29 is 14.4 Å². The third-order valence-electron chi connectivity index (χ3n) is 5.45. The van der Waals surface area contributed by atoms with Gasteiger partial charge in [0.05, 0.1) is 24.5 Å². The number of nitrogens with zero attached hydrogens (tertiary/aromatic N) is 3. The molecule has 0 radical (unpaired) electrons. The van der Waals surface area contributed by atoms with Crippen LogP contribution in [-0.4, -0.2) is 43.3 Å². The Labute approximate surface area is 174 Å². The molecule has 1 N–H and O–H groups in total. The summed E-state index contributed by atoms with van der Waals surface area (Å²) in [5, 5.41) is 16.4. The van der Waals surface area contributed by atoms with Gasteiger partial charge >= 0.3 is 0 Å². The van der Waals surface area contributed by atoms with Crippen LogP contribution in [0.3, 0.4) is 0 Å². The molecule has 0 amide bonds. The summed E-state index contributed by atoms with van der Waals surface area (Å²) in [6.45, 7) is 1.68. The van der Waals surface area contributed by atoms with E-state index in [0.717, 1.165) is 54.2 Å². The van der Waals surface area contributed by atoms with Crippen LogP contribution in [0.5, 0.6) is 11.5 Å². The normalized spacial score (nSPS) is 16.3. The number of non-ortho nitro benzene ring substituents is 1. The van der Waals surface area contributed by atoms with Crippen LogP contribution in [0.1, 0.15) is 12.8 Å². The topological polar surface area (TPSA) is 89.8 Å². The molecule has 0 bridgehead atoms. The highest BCUT2D eigenvalue weighted by molar-refractivity contribution is 5.99. The Balaban J connectivity index is 1.59. The maximum Gasteiger partial charge on any atom is 0.278 e. The number of hydrogen-bond donors (Lipinski definition) is 1. The van der Waals surface area contributed by atoms with Gasteiger partial charge < -0.3 is 19.7 Å². The minimum atomic E-state index is -0.357. The van der Waals surface area contributed by atoms with E-state index in [0.29, 0.717) is 5.39 Å². The smallest absolute Gasteiger partial charge is 0.278 e. The molecule has 8 nitrogen and oxygen atoms in total. The number of nitrogens with one attached hydrogen (secondary N) is 1. The van der Waals surface area contributed by atoms with Crippen LogP contribution < -0.4 is 19.7 Å². The number of methoxy groups -OCH3 is 2. The molecule has 0 spiro atoms. The summed E-state index contributed by atoms with van der Waals surface area (Å²) in [7, 11) is 3.27. The van der Waals surface area contributed by atoms with Crippen LogP contribution in [-0.2, 0) is 0 Å². The zero-order chi connectivity index (χ0) is 21.1. The number of rotatable bonds is 6. The van der Waals surface area contributed by atoms with Gasteiger partial charge in [0.25, 0.3) is 5.69 Å². The van der Waals surface area contributed by atoms with Gasteiger partial charge in [-0.25, -0.2) is 0 Å². The molecule has 8 heteroatoms. The summed E-state index contributed by atoms with van der Waals surface area (Å²) in [6.07, 6.45) is 5.29. The molecule has 2 aromatic carbocycles. The fourth-order valence-corrected chi connectivity index (χ4v) is 4.03. The van der Waals surface area contributed by atoms with E-state index in [1.165, 1.54) is 0 Å². The zero-order valence-corrected chi connectivity index (χ0v) is 17.0. The van der Waals surface area contributed by atoms with E-state index in [4.69, 9.17) is 9.47 Å². The number of nitro groups is 1. The molecule has 1 saturated heterocycles. The summed E-state index contributed by atoms with van der Waals surface area (Å²) in [4.78, 5) is 17.4. The molecule has 1 unspecified atom stereocenters. The van der Waals surface area contributed by atoms with E-state index in [1.54, 1.807) is 32.7 Å². The molecule has 4 rings (SSSR count). The average Bonchev–Trinajstić information content (AvgIpc) is 2.78. The number of ether oxygens (including phenoxy) is 2. The number of fused-ring (bicyclic) bond motifs is 1. The molecule has 30 heavy (non-hydrogen) atoms. The van der Waals surface area contributed by atoms with Gasteiger partial charge in [-0.15, -0.1) is 0 Å². The van der Waals surface area contributed by atoms with Gasteiger partial charge in [0, 0.05) is 72.6 Å². The molecule has 156 valence electrons. The first kappa shape index (κ1) is 19.8. The van der Waals surface area contributed by atoms with Crippen LogP contribution in [0, 0.1) is 10.1 Å². The molecule has 1 aromatic heterocycles. The van der Waals surface area contributed by atoms with E-state index in [9.17, 15) is 10.1 Å². The Bertz CT molecular complexity index is 1050. The first-order valence-corrected chi connectivity index (χ1v) is 9.84. The van der Waals surface area contributed by atoms with Gasteiger partial charge in [-0.2, -0.15) is 0 Å². The third-order valence-corrected chi connectivity index (χ3v) is 5.45. The standard InChI is InChI=1S/C22H24N4O4/c1-29-17-10-16(11-18(12-17)30-2)24-15-4-3-9-25(14-15)21-5-6-22(26(27)28)20-13-23-8-7-19(20)21/h5-8,10-13,15,24H,3-4,9,14H2,1-2H3. The zero-order valence-electron chi connectivity index (χ0n) is 17.0. The number of anilines is 2. The Morgan fingerprint density at radius 1 is 1.13 bits per heavy atom. The summed E-state index contributed by atoms with van der Waals surface area (Å²) < 4.78 is 10.7. The Morgan fingerprint density at radius 3 is 2.60 bits per heavy atom. The number of piperidine rings is 1. The summed E-state index contributed by atoms with van der Waals surface area (Å²) >= 11 is 0. The van der Waals surface area contributed by atoms with Crippen LogP contribution >= 0.6 is 0 Å². The largest absolute Gasteiger partial charge is 0.497 e. The first-order chi connectivity index (χ1) is 14.6. The van der Waals surface area contributed by atoms with E-state index in [2.05, 4.69) is 15.2 Å². The molecule has 1 aliphatic rings. The minimum Gasteiger partial charge on any atom is -0.497 e. The van der Waals surface area contributed by atoms with E-state index in [-0.39, 0.29) is 16.7 Å². The number of aromatic nitrogens is 1. The summed E-state index contributed by atoms with van der Waals surface area (Å²) in [5.41, 5.74) is 2.01. The average molecular weight is 408 g/mol. The maximum atomic E-state index is 11.4. The third kappa shape index (κ3) is 3.94. The first-order valence-electron chi connectivity index (χ1n) is 9.84. The van der Waals surface area contributed by atoms with Gasteiger partial charge in [-0.05, 0) is 25.0 Å². The maximum absolute atomic E-state index is 11.4. The fraction of sp³-hybridized carbons (Fsp3) is 0.318. The van der Waals surface area contributed by atoms with Gasteiger partial charge in [-0.1, -0.05) is 0 Å². The fourth-order valence-electron chi connectivity index (χ4n) is 4.03. The van der Waals surface area contributed by atoms with Crippen molar-refractivity contribution >= 4 is 27.8 Å². The van der Waals surface area contributed by atoms with E-state index in [1.807, 2.05) is 30.3 Å². The highest BCUT2D eigenvalue weighted by Crippen LogP contribution is 2.35. The second-order valence-corrected chi connectivity index (χ2v) is 7.31. The van der Waals surface area contributed by atoms with Crippen molar-refractivity contribution in [2.45, 2.75) is 18.9 Å². The lowest BCUT2D eigenvalue weighted by Gasteiger charge is -2.36. The highest BCUT2D eigenvalue weighted by atomic mass is 16.6. The number of nitro benzene ring substituents is 1. The van der Waals surface area contributed by atoms with E-state index >= 15 is 0 Å². The Hall–Kier alpha value is -3.55. The predicted molar refractivity (Wildman–Crippen MR) is 117 cm³/mol.